The Morgan fingerprint density at radius 2 is 1.97 bits per heavy atom. The highest BCUT2D eigenvalue weighted by atomic mass is 32.1. The van der Waals surface area contributed by atoms with Crippen molar-refractivity contribution in [1.29, 1.82) is 0 Å². The van der Waals surface area contributed by atoms with Gasteiger partial charge in [0.1, 0.15) is 27.4 Å². The fourth-order valence-electron chi connectivity index (χ4n) is 4.59. The molecule has 0 spiro atoms. The van der Waals surface area contributed by atoms with E-state index in [9.17, 15) is 14.7 Å². The summed E-state index contributed by atoms with van der Waals surface area (Å²) < 4.78 is 10.0. The van der Waals surface area contributed by atoms with Crippen molar-refractivity contribution in [3.05, 3.63) is 63.8 Å². The number of Topliss-reactive ketones (excluding diaryl/α,β-unsaturated/α-hetero) is 1. The zero-order valence-corrected chi connectivity index (χ0v) is 22.7. The van der Waals surface area contributed by atoms with Gasteiger partial charge in [-0.2, -0.15) is 0 Å². The van der Waals surface area contributed by atoms with Gasteiger partial charge < -0.3 is 24.8 Å². The number of aliphatic imine (C=N–C) groups is 2. The smallest absolute Gasteiger partial charge is 0.340 e. The molecule has 3 aliphatic rings. The number of ether oxygens (including phenoxy) is 2. The summed E-state index contributed by atoms with van der Waals surface area (Å²) in [7, 11) is 3.06. The summed E-state index contributed by atoms with van der Waals surface area (Å²) >= 11 is 2.91. The Kier molecular flexibility index (Phi) is 7.59. The van der Waals surface area contributed by atoms with Crippen LogP contribution >= 0.6 is 22.7 Å². The number of amidine groups is 2. The number of rotatable bonds is 5. The number of thiophene rings is 2. The third kappa shape index (κ3) is 5.09. The molecule has 3 aliphatic heterocycles. The lowest BCUT2D eigenvalue weighted by molar-refractivity contribution is 0.0595. The van der Waals surface area contributed by atoms with Crippen LogP contribution in [0.1, 0.15) is 45.5 Å². The third-order valence-electron chi connectivity index (χ3n) is 6.66. The molecule has 0 radical (unpaired) electrons. The van der Waals surface area contributed by atoms with Crippen molar-refractivity contribution >= 4 is 56.1 Å². The molecule has 0 saturated carbocycles. The van der Waals surface area contributed by atoms with Crippen LogP contribution in [0.5, 0.6) is 5.75 Å². The van der Waals surface area contributed by atoms with Crippen LogP contribution < -0.4 is 10.1 Å². The van der Waals surface area contributed by atoms with Crippen molar-refractivity contribution in [3.63, 3.8) is 0 Å². The quantitative estimate of drug-likeness (QED) is 0.439. The summed E-state index contributed by atoms with van der Waals surface area (Å²) in [5, 5.41) is 18.3. The average Bonchev–Trinajstić information content (AvgIpc) is 3.74. The lowest BCUT2D eigenvalue weighted by atomic mass is 9.88. The van der Waals surface area contributed by atoms with Gasteiger partial charge in [0, 0.05) is 32.5 Å². The van der Waals surface area contributed by atoms with Gasteiger partial charge in [0.25, 0.3) is 0 Å². The first-order chi connectivity index (χ1) is 18.4. The maximum atomic E-state index is 11.9. The maximum Gasteiger partial charge on any atom is 0.340 e. The van der Waals surface area contributed by atoms with Crippen LogP contribution in [0.2, 0.25) is 0 Å². The number of fused-ring (bicyclic) bond motifs is 2. The highest BCUT2D eigenvalue weighted by molar-refractivity contribution is 7.15. The fourth-order valence-corrected chi connectivity index (χ4v) is 6.14. The molecular formula is C27H28N4O5S2. The number of nitrogens with one attached hydrogen (secondary N) is 1. The second kappa shape index (κ2) is 11.1. The molecule has 1 saturated heterocycles. The highest BCUT2D eigenvalue weighted by Gasteiger charge is 2.49. The van der Waals surface area contributed by atoms with Gasteiger partial charge in [-0.15, -0.1) is 22.7 Å². The largest absolute Gasteiger partial charge is 0.497 e. The number of anilines is 1. The number of aliphatic hydroxyl groups is 1. The van der Waals surface area contributed by atoms with Gasteiger partial charge in [-0.25, -0.2) is 9.79 Å². The van der Waals surface area contributed by atoms with Gasteiger partial charge in [-0.05, 0) is 47.0 Å². The molecule has 198 valence electrons. The number of benzene rings is 1. The molecule has 1 unspecified atom stereocenters. The van der Waals surface area contributed by atoms with E-state index < -0.39 is 5.60 Å². The Morgan fingerprint density at radius 3 is 2.74 bits per heavy atom. The molecule has 6 rings (SSSR count). The van der Waals surface area contributed by atoms with Crippen LogP contribution in [-0.2, 0) is 11.3 Å². The lowest BCUT2D eigenvalue weighted by Crippen LogP contribution is -2.50. The van der Waals surface area contributed by atoms with Crippen molar-refractivity contribution in [2.75, 3.05) is 32.6 Å². The van der Waals surface area contributed by atoms with E-state index >= 15 is 0 Å². The zero-order chi connectivity index (χ0) is 26.7. The SMILES string of the molecule is COC(=O)c1ccsc1N=C1CCCN1Cc1ccc(OC)cc1.O=C1c2ccsc2NC2=NCCC12O. The van der Waals surface area contributed by atoms with Crippen molar-refractivity contribution in [2.45, 2.75) is 31.4 Å². The molecule has 5 heterocycles. The number of hydrogen-bond donors (Lipinski definition) is 2. The van der Waals surface area contributed by atoms with Crippen LogP contribution in [0.3, 0.4) is 0 Å². The Labute approximate surface area is 228 Å². The lowest BCUT2D eigenvalue weighted by Gasteiger charge is -2.28. The van der Waals surface area contributed by atoms with Gasteiger partial charge in [-0.1, -0.05) is 12.1 Å². The van der Waals surface area contributed by atoms with E-state index in [0.29, 0.717) is 29.9 Å². The molecule has 0 amide bonds. The Morgan fingerprint density at radius 1 is 1.18 bits per heavy atom. The number of methoxy groups -OCH3 is 2. The summed E-state index contributed by atoms with van der Waals surface area (Å²) in [5.74, 6) is 1.74. The van der Waals surface area contributed by atoms with Gasteiger partial charge in [0.05, 0.1) is 25.3 Å². The van der Waals surface area contributed by atoms with Crippen LogP contribution in [-0.4, -0.2) is 66.3 Å². The number of hydrogen-bond acceptors (Lipinski definition) is 10. The average molecular weight is 553 g/mol. The van der Waals surface area contributed by atoms with E-state index in [0.717, 1.165) is 47.5 Å². The number of esters is 1. The minimum absolute atomic E-state index is 0.219. The molecule has 3 aromatic rings. The molecular weight excluding hydrogens is 524 g/mol. The van der Waals surface area contributed by atoms with Crippen molar-refractivity contribution in [1.82, 2.24) is 4.90 Å². The van der Waals surface area contributed by atoms with Gasteiger partial charge in [0.2, 0.25) is 5.78 Å². The van der Waals surface area contributed by atoms with Crippen molar-refractivity contribution in [3.8, 4) is 5.75 Å². The number of carbonyl (C=O) groups excluding carboxylic acids is 2. The molecule has 9 nitrogen and oxygen atoms in total. The molecule has 1 atom stereocenters. The van der Waals surface area contributed by atoms with E-state index in [1.807, 2.05) is 22.9 Å². The van der Waals surface area contributed by atoms with Gasteiger partial charge in [0.15, 0.2) is 5.60 Å². The molecule has 2 N–H and O–H groups in total. The number of ketones is 1. The summed E-state index contributed by atoms with van der Waals surface area (Å²) in [6.07, 6.45) is 2.39. The van der Waals surface area contributed by atoms with Crippen molar-refractivity contribution < 1.29 is 24.2 Å². The molecule has 1 fully saturated rings. The van der Waals surface area contributed by atoms with E-state index in [1.165, 1.54) is 35.3 Å². The first-order valence-corrected chi connectivity index (χ1v) is 14.0. The van der Waals surface area contributed by atoms with E-state index in [1.54, 1.807) is 19.2 Å². The zero-order valence-electron chi connectivity index (χ0n) is 21.1. The Bertz CT molecular complexity index is 1390. The second-order valence-electron chi connectivity index (χ2n) is 8.99. The first kappa shape index (κ1) is 26.1. The highest BCUT2D eigenvalue weighted by Crippen LogP contribution is 2.36. The molecule has 11 heteroatoms. The normalized spacial score (nSPS) is 20.7. The van der Waals surface area contributed by atoms with Crippen molar-refractivity contribution in [2.24, 2.45) is 9.98 Å². The summed E-state index contributed by atoms with van der Waals surface area (Å²) in [4.78, 5) is 34.8. The van der Waals surface area contributed by atoms with E-state index in [4.69, 9.17) is 14.5 Å². The Balaban J connectivity index is 0.000000177. The van der Waals surface area contributed by atoms with Gasteiger partial charge >= 0.3 is 5.97 Å². The summed E-state index contributed by atoms with van der Waals surface area (Å²) in [5.41, 5.74) is 0.947. The van der Waals surface area contributed by atoms with E-state index in [-0.39, 0.29) is 11.8 Å². The predicted molar refractivity (Wildman–Crippen MR) is 150 cm³/mol. The minimum atomic E-state index is -1.38. The summed E-state index contributed by atoms with van der Waals surface area (Å²) in [6, 6.07) is 11.6. The topological polar surface area (TPSA) is 113 Å². The number of likely N-dealkylation sites (tertiary alicyclic amines) is 1. The monoisotopic (exact) mass is 552 g/mol. The van der Waals surface area contributed by atoms with E-state index in [2.05, 4.69) is 27.3 Å². The first-order valence-electron chi connectivity index (χ1n) is 12.2. The van der Waals surface area contributed by atoms with Crippen LogP contribution in [0, 0.1) is 0 Å². The second-order valence-corrected chi connectivity index (χ2v) is 10.8. The molecule has 1 aromatic carbocycles. The Hall–Kier alpha value is -3.54. The maximum absolute atomic E-state index is 11.9. The standard InChI is InChI=1S/C18H20N2O3S.C9H8N2O2S/c1-22-14-7-5-13(6-8-14)12-20-10-3-4-16(20)19-17-15(9-11-24-17)18(21)23-2;12-6-5-1-4-14-7(5)11-8-9(6,13)2-3-10-8/h5-9,11H,3-4,10,12H2,1-2H3;1,4,13H,2-3H2,(H,10,11). The summed E-state index contributed by atoms with van der Waals surface area (Å²) in [6.45, 7) is 2.30. The van der Waals surface area contributed by atoms with Crippen LogP contribution in [0.15, 0.2) is 57.1 Å². The van der Waals surface area contributed by atoms with Gasteiger partial charge in [-0.3, -0.25) is 9.79 Å². The molecule has 0 bridgehead atoms. The number of nitrogens with zero attached hydrogens (tertiary/aromatic N) is 3. The molecule has 38 heavy (non-hydrogen) atoms. The third-order valence-corrected chi connectivity index (χ3v) is 8.30. The minimum Gasteiger partial charge on any atom is -0.497 e. The fraction of sp³-hybridized carbons (Fsp3) is 0.333. The molecule has 0 aliphatic carbocycles. The number of carbonyl (C=O) groups is 2. The predicted octanol–water partition coefficient (Wildman–Crippen LogP) is 4.76. The van der Waals surface area contributed by atoms with Crippen LogP contribution in [0.4, 0.5) is 10.0 Å². The molecule has 2 aromatic heterocycles. The van der Waals surface area contributed by atoms with Crippen LogP contribution in [0.25, 0.3) is 0 Å².